The van der Waals surface area contributed by atoms with Gasteiger partial charge in [0.2, 0.25) is 0 Å². The molecule has 0 heterocycles. The van der Waals surface area contributed by atoms with E-state index < -0.39 is 12.8 Å². The molecule has 0 aliphatic rings. The van der Waals surface area contributed by atoms with E-state index in [1.54, 1.807) is 0 Å². The van der Waals surface area contributed by atoms with E-state index in [-0.39, 0.29) is 0 Å². The maximum Gasteiger partial charge on any atom is 0.115 e. The Hall–Kier alpha value is -0.110. The van der Waals surface area contributed by atoms with E-state index >= 15 is 0 Å². The lowest BCUT2D eigenvalue weighted by molar-refractivity contribution is 0.107. The van der Waals surface area contributed by atoms with Crippen molar-refractivity contribution >= 4 is 0 Å². The summed E-state index contributed by atoms with van der Waals surface area (Å²) < 4.78 is 12.4. The lowest BCUT2D eigenvalue weighted by Crippen LogP contribution is -2.15. The van der Waals surface area contributed by atoms with Crippen LogP contribution in [0.5, 0.6) is 0 Å². The summed E-state index contributed by atoms with van der Waals surface area (Å²) in [5, 5.41) is 9.50. The number of hydrogen-bond donors (Lipinski definition) is 1. The Balaban J connectivity index is 3.76. The molecule has 0 saturated heterocycles. The van der Waals surface area contributed by atoms with Crippen LogP contribution in [0.15, 0.2) is 0 Å². The molecule has 0 spiro atoms. The smallest absolute Gasteiger partial charge is 0.115 e. The van der Waals surface area contributed by atoms with Crippen LogP contribution in [0.2, 0.25) is 0 Å². The highest BCUT2D eigenvalue weighted by Gasteiger charge is 2.14. The highest BCUT2D eigenvalue weighted by molar-refractivity contribution is 4.66. The van der Waals surface area contributed by atoms with Crippen LogP contribution in [0.25, 0.3) is 0 Å². The van der Waals surface area contributed by atoms with Crippen LogP contribution >= 0.6 is 0 Å². The molecular weight excluding hydrogens is 239 g/mol. The van der Waals surface area contributed by atoms with Crippen LogP contribution in [0.1, 0.15) is 90.9 Å². The van der Waals surface area contributed by atoms with Crippen molar-refractivity contribution in [3.63, 3.8) is 0 Å². The average molecular weight is 274 g/mol. The fourth-order valence-corrected chi connectivity index (χ4v) is 2.72. The second-order valence-electron chi connectivity index (χ2n) is 5.96. The molecule has 1 nitrogen and oxygen atoms in total. The van der Waals surface area contributed by atoms with E-state index in [1.807, 2.05) is 0 Å². The molecular formula is C17H35FO. The summed E-state index contributed by atoms with van der Waals surface area (Å²) in [5.41, 5.74) is 0. The molecule has 0 saturated carbocycles. The predicted octanol–water partition coefficient (Wildman–Crippen LogP) is 5.65. The van der Waals surface area contributed by atoms with Crippen molar-refractivity contribution in [3.05, 3.63) is 0 Å². The monoisotopic (exact) mass is 274 g/mol. The van der Waals surface area contributed by atoms with Gasteiger partial charge in [-0.1, -0.05) is 84.5 Å². The minimum atomic E-state index is -0.730. The molecule has 19 heavy (non-hydrogen) atoms. The zero-order valence-electron chi connectivity index (χ0n) is 13.2. The van der Waals surface area contributed by atoms with Gasteiger partial charge in [0.1, 0.15) is 6.67 Å². The highest BCUT2D eigenvalue weighted by Crippen LogP contribution is 2.23. The van der Waals surface area contributed by atoms with Crippen molar-refractivity contribution in [1.29, 1.82) is 0 Å². The SMILES string of the molecule is CCCCCCCC(CCCCCC)CC(O)CF. The van der Waals surface area contributed by atoms with E-state index in [9.17, 15) is 9.50 Å². The van der Waals surface area contributed by atoms with Crippen LogP contribution < -0.4 is 0 Å². The molecule has 0 aliphatic heterocycles. The molecule has 0 bridgehead atoms. The summed E-state index contributed by atoms with van der Waals surface area (Å²) in [7, 11) is 0. The first-order valence-corrected chi connectivity index (χ1v) is 8.48. The second kappa shape index (κ2) is 14.3. The van der Waals surface area contributed by atoms with Gasteiger partial charge in [-0.15, -0.1) is 0 Å². The molecule has 0 aromatic rings. The Morgan fingerprint density at radius 2 is 1.26 bits per heavy atom. The predicted molar refractivity (Wildman–Crippen MR) is 82.2 cm³/mol. The van der Waals surface area contributed by atoms with Gasteiger partial charge >= 0.3 is 0 Å². The third-order valence-electron chi connectivity index (χ3n) is 3.97. The van der Waals surface area contributed by atoms with Gasteiger partial charge in [-0.2, -0.15) is 0 Å². The van der Waals surface area contributed by atoms with E-state index in [0.717, 1.165) is 0 Å². The minimum Gasteiger partial charge on any atom is -0.390 e. The van der Waals surface area contributed by atoms with Crippen molar-refractivity contribution < 1.29 is 9.50 Å². The van der Waals surface area contributed by atoms with Gasteiger partial charge in [-0.25, -0.2) is 4.39 Å². The zero-order chi connectivity index (χ0) is 14.3. The maximum absolute atomic E-state index is 12.4. The number of halogens is 1. The van der Waals surface area contributed by atoms with Gasteiger partial charge in [0, 0.05) is 0 Å². The molecule has 116 valence electrons. The Kier molecular flexibility index (Phi) is 14.2. The minimum absolute atomic E-state index is 0.532. The lowest BCUT2D eigenvalue weighted by atomic mass is 9.90. The summed E-state index contributed by atoms with van der Waals surface area (Å²) in [4.78, 5) is 0. The zero-order valence-corrected chi connectivity index (χ0v) is 13.2. The number of unbranched alkanes of at least 4 members (excludes halogenated alkanes) is 7. The number of aliphatic hydroxyl groups excluding tert-OH is 1. The van der Waals surface area contributed by atoms with E-state index in [2.05, 4.69) is 13.8 Å². The van der Waals surface area contributed by atoms with E-state index in [0.29, 0.717) is 12.3 Å². The maximum atomic E-state index is 12.4. The Labute approximate surface area is 120 Å². The normalized spacial score (nSPS) is 14.5. The van der Waals surface area contributed by atoms with Gasteiger partial charge in [-0.05, 0) is 12.3 Å². The molecule has 0 amide bonds. The van der Waals surface area contributed by atoms with Crippen LogP contribution in [0.3, 0.4) is 0 Å². The van der Waals surface area contributed by atoms with Crippen LogP contribution in [0, 0.1) is 5.92 Å². The Morgan fingerprint density at radius 3 is 1.74 bits per heavy atom. The lowest BCUT2D eigenvalue weighted by Gasteiger charge is -2.19. The molecule has 2 heteroatoms. The first kappa shape index (κ1) is 18.9. The van der Waals surface area contributed by atoms with Gasteiger partial charge < -0.3 is 5.11 Å². The summed E-state index contributed by atoms with van der Waals surface area (Å²) >= 11 is 0. The third kappa shape index (κ3) is 12.7. The first-order valence-electron chi connectivity index (χ1n) is 8.48. The molecule has 0 aromatic carbocycles. The molecule has 2 atom stereocenters. The summed E-state index contributed by atoms with van der Waals surface area (Å²) in [6, 6.07) is 0. The van der Waals surface area contributed by atoms with Gasteiger partial charge in [0.05, 0.1) is 6.10 Å². The average Bonchev–Trinajstić information content (AvgIpc) is 2.42. The molecule has 0 aliphatic carbocycles. The Bertz CT molecular complexity index is 173. The summed E-state index contributed by atoms with van der Waals surface area (Å²) in [6.07, 6.45) is 13.8. The molecule has 0 rings (SSSR count). The molecule has 0 aromatic heterocycles. The van der Waals surface area contributed by atoms with E-state index in [1.165, 1.54) is 70.6 Å². The standard InChI is InChI=1S/C17H35FO/c1-3-5-7-9-11-13-16(14-17(19)15-18)12-10-8-6-4-2/h16-17,19H,3-15H2,1-2H3. The number of aliphatic hydroxyl groups is 1. The van der Waals surface area contributed by atoms with Crippen molar-refractivity contribution in [3.8, 4) is 0 Å². The molecule has 0 fully saturated rings. The van der Waals surface area contributed by atoms with Gasteiger partial charge in [0.15, 0.2) is 0 Å². The largest absolute Gasteiger partial charge is 0.390 e. The number of alkyl halides is 1. The van der Waals surface area contributed by atoms with Crippen molar-refractivity contribution in [2.45, 2.75) is 97.0 Å². The quantitative estimate of drug-likeness (QED) is 0.406. The molecule has 0 radical (unpaired) electrons. The molecule has 2 unspecified atom stereocenters. The van der Waals surface area contributed by atoms with Crippen LogP contribution in [-0.4, -0.2) is 17.9 Å². The Morgan fingerprint density at radius 1 is 0.789 bits per heavy atom. The number of rotatable bonds is 14. The molecule has 1 N–H and O–H groups in total. The van der Waals surface area contributed by atoms with Gasteiger partial charge in [-0.3, -0.25) is 0 Å². The van der Waals surface area contributed by atoms with Crippen molar-refractivity contribution in [1.82, 2.24) is 0 Å². The van der Waals surface area contributed by atoms with Crippen LogP contribution in [-0.2, 0) is 0 Å². The third-order valence-corrected chi connectivity index (χ3v) is 3.97. The van der Waals surface area contributed by atoms with Crippen molar-refractivity contribution in [2.24, 2.45) is 5.92 Å². The number of hydrogen-bond acceptors (Lipinski definition) is 1. The fraction of sp³-hybridized carbons (Fsp3) is 1.00. The second-order valence-corrected chi connectivity index (χ2v) is 5.96. The van der Waals surface area contributed by atoms with E-state index in [4.69, 9.17) is 0 Å². The highest BCUT2D eigenvalue weighted by atomic mass is 19.1. The summed E-state index contributed by atoms with van der Waals surface area (Å²) in [5.74, 6) is 0.532. The van der Waals surface area contributed by atoms with Crippen LogP contribution in [0.4, 0.5) is 4.39 Å². The topological polar surface area (TPSA) is 20.2 Å². The van der Waals surface area contributed by atoms with Crippen molar-refractivity contribution in [2.75, 3.05) is 6.67 Å². The summed E-state index contributed by atoms with van der Waals surface area (Å²) in [6.45, 7) is 3.87. The van der Waals surface area contributed by atoms with Gasteiger partial charge in [0.25, 0.3) is 0 Å². The fourth-order valence-electron chi connectivity index (χ4n) is 2.72. The first-order chi connectivity index (χ1) is 9.24.